The van der Waals surface area contributed by atoms with Gasteiger partial charge >= 0.3 is 0 Å². The number of anilines is 1. The Labute approximate surface area is 160 Å². The van der Waals surface area contributed by atoms with Crippen molar-refractivity contribution in [3.63, 3.8) is 0 Å². The minimum Gasteiger partial charge on any atom is -0.321 e. The Morgan fingerprint density at radius 1 is 1.00 bits per heavy atom. The number of halogens is 2. The third-order valence-corrected chi connectivity index (χ3v) is 4.53. The average molecular weight is 382 g/mol. The summed E-state index contributed by atoms with van der Waals surface area (Å²) in [5.74, 6) is -0.277. The van der Waals surface area contributed by atoms with E-state index < -0.39 is 0 Å². The average Bonchev–Trinajstić information content (AvgIpc) is 3.08. The van der Waals surface area contributed by atoms with Gasteiger partial charge in [-0.3, -0.25) is 4.79 Å². The molecule has 1 N–H and O–H groups in total. The molecule has 0 spiro atoms. The molecule has 4 nitrogen and oxygen atoms in total. The highest BCUT2D eigenvalue weighted by molar-refractivity contribution is 6.35. The van der Waals surface area contributed by atoms with Crippen LogP contribution >= 0.6 is 23.2 Å². The van der Waals surface area contributed by atoms with Gasteiger partial charge in [-0.15, -0.1) is 0 Å². The normalized spacial score (nSPS) is 10.8. The van der Waals surface area contributed by atoms with Crippen molar-refractivity contribution in [2.45, 2.75) is 0 Å². The van der Waals surface area contributed by atoms with E-state index in [9.17, 15) is 4.79 Å². The van der Waals surface area contributed by atoms with Gasteiger partial charge in [-0.25, -0.2) is 4.98 Å². The summed E-state index contributed by atoms with van der Waals surface area (Å²) in [6, 6.07) is 18.3. The second-order valence-electron chi connectivity index (χ2n) is 5.75. The molecule has 128 valence electrons. The van der Waals surface area contributed by atoms with Gasteiger partial charge in [0, 0.05) is 28.5 Å². The quantitative estimate of drug-likeness (QED) is 0.504. The highest BCUT2D eigenvalue weighted by Gasteiger charge is 2.11. The van der Waals surface area contributed by atoms with Crippen molar-refractivity contribution in [1.29, 1.82) is 0 Å². The van der Waals surface area contributed by atoms with Crippen molar-refractivity contribution in [3.05, 3.63) is 88.7 Å². The number of nitrogens with zero attached hydrogens (tertiary/aromatic N) is 2. The van der Waals surface area contributed by atoms with Crippen LogP contribution in [-0.2, 0) is 0 Å². The van der Waals surface area contributed by atoms with Crippen molar-refractivity contribution < 1.29 is 4.79 Å². The van der Waals surface area contributed by atoms with Crippen LogP contribution in [0.2, 0.25) is 10.0 Å². The first-order valence-corrected chi connectivity index (χ1v) is 8.66. The molecule has 26 heavy (non-hydrogen) atoms. The number of hydrogen-bond acceptors (Lipinski definition) is 2. The number of hydrogen-bond donors (Lipinski definition) is 1. The molecule has 0 atom stereocenters. The molecule has 0 bridgehead atoms. The lowest BCUT2D eigenvalue weighted by Gasteiger charge is -2.08. The van der Waals surface area contributed by atoms with Crippen LogP contribution in [0.1, 0.15) is 10.4 Å². The number of benzene rings is 2. The van der Waals surface area contributed by atoms with E-state index in [1.165, 1.54) is 0 Å². The maximum absolute atomic E-state index is 12.5. The molecule has 0 saturated carbocycles. The molecule has 0 fully saturated rings. The number of carbonyl (C=O) groups excluding carboxylic acids is 1. The summed E-state index contributed by atoms with van der Waals surface area (Å²) in [4.78, 5) is 17.1. The van der Waals surface area contributed by atoms with Crippen LogP contribution in [-0.4, -0.2) is 15.3 Å². The molecule has 2 aromatic heterocycles. The first-order valence-electron chi connectivity index (χ1n) is 7.91. The van der Waals surface area contributed by atoms with E-state index in [2.05, 4.69) is 10.3 Å². The third-order valence-electron chi connectivity index (χ3n) is 3.97. The molecule has 4 aromatic rings. The molecule has 0 aliphatic carbocycles. The molecule has 2 heterocycles. The minimum atomic E-state index is -0.277. The molecule has 6 heteroatoms. The Hall–Kier alpha value is -2.82. The van der Waals surface area contributed by atoms with Crippen molar-refractivity contribution in [1.82, 2.24) is 9.38 Å². The standard InChI is InChI=1S/C20H13Cl2N3O/c21-15-6-7-16(22)17(11-15)24-20(26)14-8-9-25-12-18(23-19(25)10-14)13-4-2-1-3-5-13/h1-12H,(H,24,26). The fourth-order valence-corrected chi connectivity index (χ4v) is 3.00. The second-order valence-corrected chi connectivity index (χ2v) is 6.59. The Morgan fingerprint density at radius 3 is 2.62 bits per heavy atom. The number of aromatic nitrogens is 2. The molecule has 0 unspecified atom stereocenters. The number of fused-ring (bicyclic) bond motifs is 1. The summed E-state index contributed by atoms with van der Waals surface area (Å²) in [5, 5.41) is 3.71. The van der Waals surface area contributed by atoms with Crippen molar-refractivity contribution in [2.75, 3.05) is 5.32 Å². The van der Waals surface area contributed by atoms with Crippen LogP contribution in [0.3, 0.4) is 0 Å². The first-order chi connectivity index (χ1) is 12.6. The fourth-order valence-electron chi connectivity index (χ4n) is 2.66. The number of imidazole rings is 1. The zero-order valence-corrected chi connectivity index (χ0v) is 15.0. The van der Waals surface area contributed by atoms with E-state index in [0.29, 0.717) is 26.9 Å². The Morgan fingerprint density at radius 2 is 1.81 bits per heavy atom. The van der Waals surface area contributed by atoms with Crippen molar-refractivity contribution >= 4 is 40.4 Å². The maximum Gasteiger partial charge on any atom is 0.255 e. The van der Waals surface area contributed by atoms with Gasteiger partial charge in [0.05, 0.1) is 16.4 Å². The maximum atomic E-state index is 12.5. The van der Waals surface area contributed by atoms with E-state index in [1.807, 2.05) is 47.1 Å². The van der Waals surface area contributed by atoms with Gasteiger partial charge in [-0.05, 0) is 30.3 Å². The zero-order chi connectivity index (χ0) is 18.1. The van der Waals surface area contributed by atoms with Gasteiger partial charge in [-0.1, -0.05) is 53.5 Å². The minimum absolute atomic E-state index is 0.277. The zero-order valence-electron chi connectivity index (χ0n) is 13.5. The Kier molecular flexibility index (Phi) is 4.37. The molecule has 0 saturated heterocycles. The molecule has 0 aliphatic rings. The summed E-state index contributed by atoms with van der Waals surface area (Å²) in [6.07, 6.45) is 3.74. The highest BCUT2D eigenvalue weighted by Crippen LogP contribution is 2.26. The molecule has 2 aromatic carbocycles. The monoisotopic (exact) mass is 381 g/mol. The smallest absolute Gasteiger partial charge is 0.255 e. The summed E-state index contributed by atoms with van der Waals surface area (Å²) in [5.41, 5.74) is 3.51. The van der Waals surface area contributed by atoms with Gasteiger partial charge in [0.1, 0.15) is 5.65 Å². The molecule has 0 aliphatic heterocycles. The number of nitrogens with one attached hydrogen (secondary N) is 1. The summed E-state index contributed by atoms with van der Waals surface area (Å²) >= 11 is 12.1. The van der Waals surface area contributed by atoms with E-state index in [1.54, 1.807) is 30.3 Å². The van der Waals surface area contributed by atoms with Crippen LogP contribution in [0, 0.1) is 0 Å². The lowest BCUT2D eigenvalue weighted by molar-refractivity contribution is 0.102. The van der Waals surface area contributed by atoms with Crippen molar-refractivity contribution in [2.24, 2.45) is 0 Å². The molecule has 0 radical (unpaired) electrons. The van der Waals surface area contributed by atoms with Gasteiger partial charge in [0.2, 0.25) is 0 Å². The Bertz CT molecular complexity index is 1110. The summed E-state index contributed by atoms with van der Waals surface area (Å²) in [7, 11) is 0. The number of pyridine rings is 1. The first kappa shape index (κ1) is 16.6. The third kappa shape index (κ3) is 3.29. The van der Waals surface area contributed by atoms with Crippen LogP contribution in [0.4, 0.5) is 5.69 Å². The highest BCUT2D eigenvalue weighted by atomic mass is 35.5. The topological polar surface area (TPSA) is 46.4 Å². The van der Waals surface area contributed by atoms with Crippen LogP contribution in [0.15, 0.2) is 73.1 Å². The predicted octanol–water partition coefficient (Wildman–Crippen LogP) is 5.56. The fraction of sp³-hybridized carbons (Fsp3) is 0. The van der Waals surface area contributed by atoms with Crippen LogP contribution < -0.4 is 5.32 Å². The van der Waals surface area contributed by atoms with E-state index in [-0.39, 0.29) is 5.91 Å². The molecule has 4 rings (SSSR count). The number of rotatable bonds is 3. The van der Waals surface area contributed by atoms with E-state index >= 15 is 0 Å². The predicted molar refractivity (Wildman–Crippen MR) is 105 cm³/mol. The van der Waals surface area contributed by atoms with E-state index in [0.717, 1.165) is 11.3 Å². The second kappa shape index (κ2) is 6.83. The SMILES string of the molecule is O=C(Nc1cc(Cl)ccc1Cl)c1ccn2cc(-c3ccccc3)nc2c1. The van der Waals surface area contributed by atoms with Gasteiger partial charge in [0.25, 0.3) is 5.91 Å². The van der Waals surface area contributed by atoms with Gasteiger partial charge < -0.3 is 9.72 Å². The van der Waals surface area contributed by atoms with Gasteiger partial charge in [-0.2, -0.15) is 0 Å². The lowest BCUT2D eigenvalue weighted by atomic mass is 10.2. The molecular formula is C20H13Cl2N3O. The van der Waals surface area contributed by atoms with E-state index in [4.69, 9.17) is 23.2 Å². The van der Waals surface area contributed by atoms with Crippen molar-refractivity contribution in [3.8, 4) is 11.3 Å². The van der Waals surface area contributed by atoms with Crippen LogP contribution in [0.5, 0.6) is 0 Å². The lowest BCUT2D eigenvalue weighted by Crippen LogP contribution is -2.12. The summed E-state index contributed by atoms with van der Waals surface area (Å²) in [6.45, 7) is 0. The largest absolute Gasteiger partial charge is 0.321 e. The number of amides is 1. The Balaban J connectivity index is 1.64. The molecular weight excluding hydrogens is 369 g/mol. The number of carbonyl (C=O) groups is 1. The molecule has 1 amide bonds. The summed E-state index contributed by atoms with van der Waals surface area (Å²) < 4.78 is 1.88. The van der Waals surface area contributed by atoms with Crippen LogP contribution in [0.25, 0.3) is 16.9 Å². The van der Waals surface area contributed by atoms with Gasteiger partial charge in [0.15, 0.2) is 0 Å².